The molecule has 0 aliphatic heterocycles. The van der Waals surface area contributed by atoms with E-state index in [1.54, 1.807) is 24.3 Å². The highest BCUT2D eigenvalue weighted by molar-refractivity contribution is 5.63. The fourth-order valence-corrected chi connectivity index (χ4v) is 2.29. The van der Waals surface area contributed by atoms with E-state index in [1.807, 2.05) is 6.92 Å². The van der Waals surface area contributed by atoms with Crippen LogP contribution in [0.2, 0.25) is 0 Å². The van der Waals surface area contributed by atoms with Crippen LogP contribution in [0.3, 0.4) is 0 Å². The third-order valence-corrected chi connectivity index (χ3v) is 3.49. The van der Waals surface area contributed by atoms with Gasteiger partial charge in [0.15, 0.2) is 11.5 Å². The van der Waals surface area contributed by atoms with E-state index in [0.29, 0.717) is 11.6 Å². The first-order valence-electron chi connectivity index (χ1n) is 6.95. The smallest absolute Gasteiger partial charge is 0.230 e. The van der Waals surface area contributed by atoms with E-state index in [1.165, 1.54) is 0 Å². The Hall–Kier alpha value is -2.70. The predicted molar refractivity (Wildman–Crippen MR) is 78.7 cm³/mol. The van der Waals surface area contributed by atoms with Gasteiger partial charge in [0.25, 0.3) is 0 Å². The molecule has 24 heavy (non-hydrogen) atoms. The van der Waals surface area contributed by atoms with Gasteiger partial charge in [0.1, 0.15) is 11.5 Å². The molecule has 124 valence electrons. The molecule has 3 rings (SSSR count). The number of aryl methyl sites for hydroxylation is 1. The van der Waals surface area contributed by atoms with Crippen LogP contribution >= 0.6 is 0 Å². The Labute approximate surface area is 134 Å². The molecule has 2 aromatic carbocycles. The maximum atomic E-state index is 14.0. The summed E-state index contributed by atoms with van der Waals surface area (Å²) >= 11 is 0. The lowest BCUT2D eigenvalue weighted by atomic mass is 10.1. The highest BCUT2D eigenvalue weighted by Gasteiger charge is 2.35. The van der Waals surface area contributed by atoms with Crippen LogP contribution < -0.4 is 0 Å². The Bertz CT molecular complexity index is 879. The molecule has 7 heteroatoms. The van der Waals surface area contributed by atoms with Gasteiger partial charge < -0.3 is 0 Å². The number of hydrogen-bond donors (Lipinski definition) is 0. The summed E-state index contributed by atoms with van der Waals surface area (Å²) in [6.45, 7) is 1.84. The zero-order valence-electron chi connectivity index (χ0n) is 12.4. The first-order chi connectivity index (χ1) is 11.3. The van der Waals surface area contributed by atoms with E-state index in [-0.39, 0.29) is 11.4 Å². The summed E-state index contributed by atoms with van der Waals surface area (Å²) < 4.78 is 67.0. The summed E-state index contributed by atoms with van der Waals surface area (Å²) in [6.07, 6.45) is -4.68. The van der Waals surface area contributed by atoms with Crippen LogP contribution in [0.25, 0.3) is 16.9 Å². The summed E-state index contributed by atoms with van der Waals surface area (Å²) in [5.74, 6) is -1.82. The normalized spacial score (nSPS) is 11.8. The van der Waals surface area contributed by atoms with Gasteiger partial charge in [0.2, 0.25) is 0 Å². The standard InChI is InChI=1S/C17H11F5N2/c1-10-2-4-11(5-3-10)15-9-16(17(20,21)22)23-24(15)14-7-6-12(18)8-13(14)19/h2-9H,1H3. The Balaban J connectivity index is 2.23. The van der Waals surface area contributed by atoms with E-state index in [0.717, 1.165) is 28.4 Å². The monoisotopic (exact) mass is 338 g/mol. The van der Waals surface area contributed by atoms with E-state index >= 15 is 0 Å². The Morgan fingerprint density at radius 1 is 0.917 bits per heavy atom. The molecule has 2 nitrogen and oxygen atoms in total. The van der Waals surface area contributed by atoms with Crippen molar-refractivity contribution in [2.24, 2.45) is 0 Å². The molecular formula is C17H11F5N2. The minimum atomic E-state index is -4.68. The minimum absolute atomic E-state index is 0.0628. The SMILES string of the molecule is Cc1ccc(-c2cc(C(F)(F)F)nn2-c2ccc(F)cc2F)cc1. The van der Waals surface area contributed by atoms with Gasteiger partial charge in [0.05, 0.1) is 5.69 Å². The molecule has 1 heterocycles. The number of aromatic nitrogens is 2. The lowest BCUT2D eigenvalue weighted by Gasteiger charge is -2.09. The van der Waals surface area contributed by atoms with Crippen LogP contribution in [0.4, 0.5) is 22.0 Å². The molecule has 3 aromatic rings. The van der Waals surface area contributed by atoms with Gasteiger partial charge in [-0.1, -0.05) is 29.8 Å². The number of hydrogen-bond acceptors (Lipinski definition) is 1. The lowest BCUT2D eigenvalue weighted by Crippen LogP contribution is -2.08. The molecule has 0 amide bonds. The van der Waals surface area contributed by atoms with E-state index in [4.69, 9.17) is 0 Å². The third-order valence-electron chi connectivity index (χ3n) is 3.49. The van der Waals surface area contributed by atoms with Crippen molar-refractivity contribution in [1.29, 1.82) is 0 Å². The van der Waals surface area contributed by atoms with Crippen molar-refractivity contribution in [3.8, 4) is 16.9 Å². The zero-order valence-corrected chi connectivity index (χ0v) is 12.4. The molecule has 1 aromatic heterocycles. The largest absolute Gasteiger partial charge is 0.435 e. The summed E-state index contributed by atoms with van der Waals surface area (Å²) in [5, 5.41) is 3.47. The quantitative estimate of drug-likeness (QED) is 0.591. The van der Waals surface area contributed by atoms with Gasteiger partial charge >= 0.3 is 6.18 Å². The van der Waals surface area contributed by atoms with Gasteiger partial charge in [0, 0.05) is 11.6 Å². The summed E-state index contributed by atoms with van der Waals surface area (Å²) in [4.78, 5) is 0. The average Bonchev–Trinajstić information content (AvgIpc) is 2.93. The van der Waals surface area contributed by atoms with Gasteiger partial charge in [-0.3, -0.25) is 0 Å². The van der Waals surface area contributed by atoms with Crippen LogP contribution in [0, 0.1) is 18.6 Å². The van der Waals surface area contributed by atoms with Crippen LogP contribution in [0.5, 0.6) is 0 Å². The van der Waals surface area contributed by atoms with E-state index in [9.17, 15) is 22.0 Å². The Morgan fingerprint density at radius 2 is 1.58 bits per heavy atom. The van der Waals surface area contributed by atoms with Gasteiger partial charge in [-0.2, -0.15) is 18.3 Å². The fourth-order valence-electron chi connectivity index (χ4n) is 2.29. The molecular weight excluding hydrogens is 327 g/mol. The number of halogens is 5. The second kappa shape index (κ2) is 5.74. The summed E-state index contributed by atoms with van der Waals surface area (Å²) in [6, 6.07) is 10.1. The molecule has 0 fully saturated rings. The van der Waals surface area contributed by atoms with Gasteiger partial charge in [-0.25, -0.2) is 13.5 Å². The second-order valence-electron chi connectivity index (χ2n) is 5.29. The highest BCUT2D eigenvalue weighted by Crippen LogP contribution is 2.33. The van der Waals surface area contributed by atoms with Crippen molar-refractivity contribution < 1.29 is 22.0 Å². The van der Waals surface area contributed by atoms with Crippen molar-refractivity contribution >= 4 is 0 Å². The minimum Gasteiger partial charge on any atom is -0.230 e. The van der Waals surface area contributed by atoms with Gasteiger partial charge in [-0.05, 0) is 25.1 Å². The van der Waals surface area contributed by atoms with Crippen molar-refractivity contribution in [3.05, 3.63) is 71.4 Å². The molecule has 0 atom stereocenters. The maximum Gasteiger partial charge on any atom is 0.435 e. The average molecular weight is 338 g/mol. The van der Waals surface area contributed by atoms with Crippen LogP contribution in [-0.4, -0.2) is 9.78 Å². The highest BCUT2D eigenvalue weighted by atomic mass is 19.4. The predicted octanol–water partition coefficient (Wildman–Crippen LogP) is 5.14. The number of alkyl halides is 3. The topological polar surface area (TPSA) is 17.8 Å². The first-order valence-corrected chi connectivity index (χ1v) is 6.95. The fraction of sp³-hybridized carbons (Fsp3) is 0.118. The van der Waals surface area contributed by atoms with E-state index in [2.05, 4.69) is 5.10 Å². The molecule has 0 N–H and O–H groups in total. The molecule has 0 saturated heterocycles. The van der Waals surface area contributed by atoms with Gasteiger partial charge in [-0.15, -0.1) is 0 Å². The third kappa shape index (κ3) is 3.02. The van der Waals surface area contributed by atoms with Crippen molar-refractivity contribution in [2.45, 2.75) is 13.1 Å². The second-order valence-corrected chi connectivity index (χ2v) is 5.29. The van der Waals surface area contributed by atoms with Crippen LogP contribution in [-0.2, 0) is 6.18 Å². The van der Waals surface area contributed by atoms with Crippen molar-refractivity contribution in [1.82, 2.24) is 9.78 Å². The molecule has 0 saturated carbocycles. The molecule has 0 aliphatic carbocycles. The lowest BCUT2D eigenvalue weighted by molar-refractivity contribution is -0.141. The maximum absolute atomic E-state index is 14.0. The molecule has 0 radical (unpaired) electrons. The van der Waals surface area contributed by atoms with Crippen LogP contribution in [0.15, 0.2) is 48.5 Å². The zero-order chi connectivity index (χ0) is 17.5. The molecule has 0 bridgehead atoms. The molecule has 0 unspecified atom stereocenters. The summed E-state index contributed by atoms with van der Waals surface area (Å²) in [5.41, 5.74) is 0.0123. The van der Waals surface area contributed by atoms with Crippen molar-refractivity contribution in [3.63, 3.8) is 0 Å². The van der Waals surface area contributed by atoms with Crippen LogP contribution in [0.1, 0.15) is 11.3 Å². The molecule has 0 aliphatic rings. The van der Waals surface area contributed by atoms with Crippen molar-refractivity contribution in [2.75, 3.05) is 0 Å². The first kappa shape index (κ1) is 16.2. The number of rotatable bonds is 2. The number of benzene rings is 2. The Morgan fingerprint density at radius 3 is 2.17 bits per heavy atom. The Kier molecular flexibility index (Phi) is 3.87. The number of nitrogens with zero attached hydrogens (tertiary/aromatic N) is 2. The van der Waals surface area contributed by atoms with E-state index < -0.39 is 23.5 Å². The molecule has 0 spiro atoms. The summed E-state index contributed by atoms with van der Waals surface area (Å²) in [7, 11) is 0.